The van der Waals surface area contributed by atoms with Crippen molar-refractivity contribution in [3.63, 3.8) is 0 Å². The van der Waals surface area contributed by atoms with Gasteiger partial charge >= 0.3 is 0 Å². The van der Waals surface area contributed by atoms with Crippen molar-refractivity contribution in [2.75, 3.05) is 55.4 Å². The minimum atomic E-state index is 0.472. The SMILES string of the molecule is CC(CC(C)(C)CC[N+](C)(C)C)C[N+](C)(C)C. The number of quaternary nitrogens is 2. The second kappa shape index (κ2) is 5.71. The maximum Gasteiger partial charge on any atom is 0.0806 e. The molecule has 0 aliphatic carbocycles. The summed E-state index contributed by atoms with van der Waals surface area (Å²) in [6.45, 7) is 9.79. The summed E-state index contributed by atoms with van der Waals surface area (Å²) in [5.41, 5.74) is 0.472. The average Bonchev–Trinajstić information content (AvgIpc) is 1.94. The van der Waals surface area contributed by atoms with Crippen molar-refractivity contribution in [3.8, 4) is 0 Å². The van der Waals surface area contributed by atoms with E-state index in [9.17, 15) is 0 Å². The minimum Gasteiger partial charge on any atom is -0.331 e. The Morgan fingerprint density at radius 3 is 1.71 bits per heavy atom. The molecular weight excluding hydrogens is 208 g/mol. The van der Waals surface area contributed by atoms with E-state index in [1.54, 1.807) is 0 Å². The summed E-state index contributed by atoms with van der Waals surface area (Å²) in [4.78, 5) is 0. The molecule has 0 bridgehead atoms. The van der Waals surface area contributed by atoms with Crippen LogP contribution in [0.2, 0.25) is 0 Å². The molecule has 0 saturated carbocycles. The van der Waals surface area contributed by atoms with E-state index in [-0.39, 0.29) is 0 Å². The highest BCUT2D eigenvalue weighted by Gasteiger charge is 2.26. The van der Waals surface area contributed by atoms with E-state index >= 15 is 0 Å². The first-order chi connectivity index (χ1) is 7.31. The molecule has 0 saturated heterocycles. The molecule has 0 rings (SSSR count). The molecule has 2 nitrogen and oxygen atoms in total. The summed E-state index contributed by atoms with van der Waals surface area (Å²) in [5, 5.41) is 0. The molecule has 0 fully saturated rings. The predicted molar refractivity (Wildman–Crippen MR) is 78.0 cm³/mol. The molecule has 0 aliphatic rings. The number of hydrogen-bond acceptors (Lipinski definition) is 0. The second-order valence-corrected chi connectivity index (χ2v) is 8.71. The summed E-state index contributed by atoms with van der Waals surface area (Å²) < 4.78 is 2.15. The topological polar surface area (TPSA) is 0 Å². The Hall–Kier alpha value is -0.0800. The van der Waals surface area contributed by atoms with Crippen LogP contribution >= 0.6 is 0 Å². The number of rotatable bonds is 7. The maximum atomic E-state index is 2.43. The first-order valence-electron chi connectivity index (χ1n) is 6.92. The molecule has 0 aromatic heterocycles. The Morgan fingerprint density at radius 1 is 0.882 bits per heavy atom. The Morgan fingerprint density at radius 2 is 1.35 bits per heavy atom. The third-order valence-electron chi connectivity index (χ3n) is 3.22. The third-order valence-corrected chi connectivity index (χ3v) is 3.22. The van der Waals surface area contributed by atoms with Crippen LogP contribution in [0.4, 0.5) is 0 Å². The molecule has 0 spiro atoms. The second-order valence-electron chi connectivity index (χ2n) is 8.71. The highest BCUT2D eigenvalue weighted by Crippen LogP contribution is 2.30. The first kappa shape index (κ1) is 16.9. The van der Waals surface area contributed by atoms with E-state index < -0.39 is 0 Å². The molecule has 0 aromatic carbocycles. The lowest BCUT2D eigenvalue weighted by Gasteiger charge is -2.34. The lowest BCUT2D eigenvalue weighted by Crippen LogP contribution is -2.40. The molecule has 17 heavy (non-hydrogen) atoms. The first-order valence-corrected chi connectivity index (χ1v) is 6.92. The van der Waals surface area contributed by atoms with Crippen LogP contribution in [0.1, 0.15) is 33.6 Å². The smallest absolute Gasteiger partial charge is 0.0806 e. The molecule has 0 N–H and O–H groups in total. The van der Waals surface area contributed by atoms with Gasteiger partial charge in [-0.25, -0.2) is 0 Å². The predicted octanol–water partition coefficient (Wildman–Crippen LogP) is 2.84. The Labute approximate surface area is 110 Å². The Kier molecular flexibility index (Phi) is 5.68. The van der Waals surface area contributed by atoms with E-state index in [2.05, 4.69) is 63.1 Å². The van der Waals surface area contributed by atoms with Gasteiger partial charge < -0.3 is 8.97 Å². The quantitative estimate of drug-likeness (QED) is 0.604. The fourth-order valence-electron chi connectivity index (χ4n) is 2.68. The van der Waals surface area contributed by atoms with Crippen molar-refractivity contribution in [1.29, 1.82) is 0 Å². The molecule has 0 aliphatic heterocycles. The van der Waals surface area contributed by atoms with Crippen molar-refractivity contribution < 1.29 is 8.97 Å². The van der Waals surface area contributed by atoms with Crippen molar-refractivity contribution in [2.24, 2.45) is 11.3 Å². The summed E-state index contributed by atoms with van der Waals surface area (Å²) in [7, 11) is 13.7. The Bertz CT molecular complexity index is 218. The molecule has 104 valence electrons. The van der Waals surface area contributed by atoms with Gasteiger partial charge in [0, 0.05) is 12.3 Å². The fourth-order valence-corrected chi connectivity index (χ4v) is 2.68. The van der Waals surface area contributed by atoms with Crippen LogP contribution in [0, 0.1) is 11.3 Å². The lowest BCUT2D eigenvalue weighted by atomic mass is 9.80. The zero-order valence-corrected chi connectivity index (χ0v) is 13.8. The van der Waals surface area contributed by atoms with Crippen LogP contribution in [-0.2, 0) is 0 Å². The van der Waals surface area contributed by atoms with Crippen LogP contribution in [0.15, 0.2) is 0 Å². The largest absolute Gasteiger partial charge is 0.331 e. The van der Waals surface area contributed by atoms with Gasteiger partial charge in [-0.3, -0.25) is 0 Å². The molecule has 1 atom stereocenters. The van der Waals surface area contributed by atoms with Crippen LogP contribution in [0.25, 0.3) is 0 Å². The zero-order chi connectivity index (χ0) is 13.9. The van der Waals surface area contributed by atoms with Crippen molar-refractivity contribution >= 4 is 0 Å². The van der Waals surface area contributed by atoms with Gasteiger partial charge in [-0.1, -0.05) is 20.8 Å². The number of hydrogen-bond donors (Lipinski definition) is 0. The summed E-state index contributed by atoms with van der Waals surface area (Å²) in [5.74, 6) is 0.803. The summed E-state index contributed by atoms with van der Waals surface area (Å²) in [6, 6.07) is 0. The van der Waals surface area contributed by atoms with Crippen LogP contribution in [0.5, 0.6) is 0 Å². The van der Waals surface area contributed by atoms with Crippen molar-refractivity contribution in [2.45, 2.75) is 33.6 Å². The standard InChI is InChI=1S/C15H36N2/c1-14(13-17(7,8)9)12-15(2,3)10-11-16(4,5)6/h14H,10-13H2,1-9H3/q+2. The molecule has 0 amide bonds. The summed E-state index contributed by atoms with van der Waals surface area (Å²) in [6.07, 6.45) is 2.65. The molecule has 1 unspecified atom stereocenters. The normalized spacial score (nSPS) is 16.1. The van der Waals surface area contributed by atoms with E-state index in [0.717, 1.165) is 14.9 Å². The molecule has 2 heteroatoms. The van der Waals surface area contributed by atoms with Gasteiger partial charge in [-0.2, -0.15) is 0 Å². The van der Waals surface area contributed by atoms with Crippen LogP contribution in [-0.4, -0.2) is 64.3 Å². The van der Waals surface area contributed by atoms with Gasteiger partial charge in [-0.15, -0.1) is 0 Å². The van der Waals surface area contributed by atoms with Gasteiger partial charge in [0.2, 0.25) is 0 Å². The van der Waals surface area contributed by atoms with Gasteiger partial charge in [0.25, 0.3) is 0 Å². The van der Waals surface area contributed by atoms with Crippen molar-refractivity contribution in [3.05, 3.63) is 0 Å². The van der Waals surface area contributed by atoms with Crippen molar-refractivity contribution in [1.82, 2.24) is 0 Å². The molecular formula is C15H36N2+2. The Balaban J connectivity index is 4.16. The summed E-state index contributed by atoms with van der Waals surface area (Å²) >= 11 is 0. The van der Waals surface area contributed by atoms with Crippen LogP contribution < -0.4 is 0 Å². The van der Waals surface area contributed by atoms with Crippen LogP contribution in [0.3, 0.4) is 0 Å². The highest BCUT2D eigenvalue weighted by molar-refractivity contribution is 4.71. The molecule has 0 heterocycles. The third kappa shape index (κ3) is 10.8. The monoisotopic (exact) mass is 244 g/mol. The molecule has 0 radical (unpaired) electrons. The zero-order valence-electron chi connectivity index (χ0n) is 13.8. The van der Waals surface area contributed by atoms with Gasteiger partial charge in [0.05, 0.1) is 55.4 Å². The minimum absolute atomic E-state index is 0.472. The van der Waals surface area contributed by atoms with Gasteiger partial charge in [0.1, 0.15) is 0 Å². The van der Waals surface area contributed by atoms with E-state index in [1.165, 1.54) is 25.9 Å². The number of nitrogens with zero attached hydrogens (tertiary/aromatic N) is 2. The lowest BCUT2D eigenvalue weighted by molar-refractivity contribution is -0.874. The average molecular weight is 244 g/mol. The van der Waals surface area contributed by atoms with Gasteiger partial charge in [0.15, 0.2) is 0 Å². The maximum absolute atomic E-state index is 2.43. The molecule has 0 aromatic rings. The van der Waals surface area contributed by atoms with Gasteiger partial charge in [-0.05, 0) is 11.8 Å². The van der Waals surface area contributed by atoms with E-state index in [1.807, 2.05) is 0 Å². The van der Waals surface area contributed by atoms with E-state index in [4.69, 9.17) is 0 Å². The fraction of sp³-hybridized carbons (Fsp3) is 1.00. The van der Waals surface area contributed by atoms with E-state index in [0.29, 0.717) is 5.41 Å². The highest BCUT2D eigenvalue weighted by atomic mass is 15.3.